The van der Waals surface area contributed by atoms with Gasteiger partial charge in [-0.25, -0.2) is 4.98 Å². The fourth-order valence-electron chi connectivity index (χ4n) is 1.26. The van der Waals surface area contributed by atoms with E-state index in [4.69, 9.17) is 0 Å². The fraction of sp³-hybridized carbons (Fsp3) is 0.500. The quantitative estimate of drug-likeness (QED) is 0.879. The highest BCUT2D eigenvalue weighted by atomic mass is 79.9. The monoisotopic (exact) mass is 257 g/mol. The molecule has 0 aromatic carbocycles. The van der Waals surface area contributed by atoms with Gasteiger partial charge in [0.1, 0.15) is 0 Å². The van der Waals surface area contributed by atoms with Gasteiger partial charge in [-0.3, -0.25) is 0 Å². The Kier molecular flexibility index (Phi) is 4.35. The highest BCUT2D eigenvalue weighted by Gasteiger charge is 2.03. The molecule has 0 atom stereocenters. The third-order valence-electron chi connectivity index (χ3n) is 1.93. The molecule has 0 unspecified atom stereocenters. The molecule has 0 aliphatic carbocycles. The van der Waals surface area contributed by atoms with Crippen LogP contribution < -0.4 is 5.32 Å². The predicted octanol–water partition coefficient (Wildman–Crippen LogP) is 2.46. The first kappa shape index (κ1) is 11.5. The Labute approximate surface area is 93.4 Å². The predicted molar refractivity (Wildman–Crippen MR) is 62.4 cm³/mol. The van der Waals surface area contributed by atoms with Crippen LogP contribution >= 0.6 is 15.9 Å². The van der Waals surface area contributed by atoms with E-state index in [1.807, 2.05) is 12.5 Å². The van der Waals surface area contributed by atoms with Gasteiger partial charge in [-0.1, -0.05) is 22.5 Å². The van der Waals surface area contributed by atoms with E-state index in [0.717, 1.165) is 17.6 Å². The minimum Gasteiger partial charge on any atom is -0.331 e. The molecule has 0 aliphatic rings. The summed E-state index contributed by atoms with van der Waals surface area (Å²) in [5.74, 6) is 0. The maximum atomic E-state index is 4.13. The van der Waals surface area contributed by atoms with Gasteiger partial charge >= 0.3 is 0 Å². The molecule has 14 heavy (non-hydrogen) atoms. The molecule has 0 amide bonds. The molecule has 1 aromatic rings. The van der Waals surface area contributed by atoms with Gasteiger partial charge < -0.3 is 9.88 Å². The van der Waals surface area contributed by atoms with Gasteiger partial charge in [0, 0.05) is 29.8 Å². The summed E-state index contributed by atoms with van der Waals surface area (Å²) in [5.41, 5.74) is 1.20. The van der Waals surface area contributed by atoms with Crippen LogP contribution in [-0.4, -0.2) is 16.1 Å². The number of hydrogen-bond acceptors (Lipinski definition) is 2. The molecule has 0 aliphatic heterocycles. The molecule has 0 bridgehead atoms. The van der Waals surface area contributed by atoms with E-state index in [2.05, 4.69) is 51.2 Å². The van der Waals surface area contributed by atoms with Crippen molar-refractivity contribution in [3.05, 3.63) is 29.3 Å². The van der Waals surface area contributed by atoms with Gasteiger partial charge in [-0.05, 0) is 13.8 Å². The van der Waals surface area contributed by atoms with Gasteiger partial charge in [-0.2, -0.15) is 0 Å². The normalized spacial score (nSPS) is 10.9. The molecule has 0 saturated carbocycles. The molecule has 3 nitrogen and oxygen atoms in total. The highest BCUT2D eigenvalue weighted by molar-refractivity contribution is 9.11. The Hall–Kier alpha value is -0.610. The Morgan fingerprint density at radius 2 is 2.43 bits per heavy atom. The van der Waals surface area contributed by atoms with Crippen LogP contribution in [0.4, 0.5) is 0 Å². The van der Waals surface area contributed by atoms with Gasteiger partial charge in [0.25, 0.3) is 0 Å². The molecule has 1 heterocycles. The second-order valence-corrected chi connectivity index (χ2v) is 4.63. The van der Waals surface area contributed by atoms with Gasteiger partial charge in [0.05, 0.1) is 12.0 Å². The van der Waals surface area contributed by atoms with E-state index < -0.39 is 0 Å². The molecule has 1 N–H and O–H groups in total. The Balaban J connectivity index is 2.50. The standard InChI is InChI=1S/C10H16BrN3/c1-8(2)14-7-13-6-10(14)5-12-4-9(3)11/h6-8,12H,3-5H2,1-2H3. The molecule has 1 aromatic heterocycles. The van der Waals surface area contributed by atoms with Crippen LogP contribution in [0.15, 0.2) is 23.6 Å². The summed E-state index contributed by atoms with van der Waals surface area (Å²) in [6, 6.07) is 0.460. The van der Waals surface area contributed by atoms with Crippen LogP contribution in [0.25, 0.3) is 0 Å². The number of imidazole rings is 1. The topological polar surface area (TPSA) is 29.9 Å². The average molecular weight is 258 g/mol. The fourth-order valence-corrected chi connectivity index (χ4v) is 1.46. The molecule has 0 spiro atoms. The van der Waals surface area contributed by atoms with Crippen molar-refractivity contribution in [3.8, 4) is 0 Å². The zero-order valence-corrected chi connectivity index (χ0v) is 10.2. The van der Waals surface area contributed by atoms with Crippen LogP contribution in [0.1, 0.15) is 25.6 Å². The number of halogens is 1. The maximum absolute atomic E-state index is 4.13. The maximum Gasteiger partial charge on any atom is 0.0951 e. The first-order valence-corrected chi connectivity index (χ1v) is 5.45. The highest BCUT2D eigenvalue weighted by Crippen LogP contribution is 2.08. The van der Waals surface area contributed by atoms with Crippen molar-refractivity contribution in [2.45, 2.75) is 26.4 Å². The minimum absolute atomic E-state index is 0.460. The summed E-state index contributed by atoms with van der Waals surface area (Å²) in [6.07, 6.45) is 3.76. The van der Waals surface area contributed by atoms with Crippen molar-refractivity contribution < 1.29 is 0 Å². The largest absolute Gasteiger partial charge is 0.331 e. The summed E-state index contributed by atoms with van der Waals surface area (Å²) in [4.78, 5) is 4.13. The summed E-state index contributed by atoms with van der Waals surface area (Å²) < 4.78 is 3.12. The molecule has 78 valence electrons. The van der Waals surface area contributed by atoms with Crippen LogP contribution in [0.2, 0.25) is 0 Å². The van der Waals surface area contributed by atoms with Crippen molar-refractivity contribution in [3.63, 3.8) is 0 Å². The zero-order valence-electron chi connectivity index (χ0n) is 8.63. The smallest absolute Gasteiger partial charge is 0.0951 e. The average Bonchev–Trinajstić information content (AvgIpc) is 2.51. The van der Waals surface area contributed by atoms with Gasteiger partial charge in [0.15, 0.2) is 0 Å². The lowest BCUT2D eigenvalue weighted by atomic mass is 10.3. The van der Waals surface area contributed by atoms with Crippen LogP contribution in [0.5, 0.6) is 0 Å². The van der Waals surface area contributed by atoms with Crippen molar-refractivity contribution in [1.82, 2.24) is 14.9 Å². The van der Waals surface area contributed by atoms with E-state index >= 15 is 0 Å². The first-order chi connectivity index (χ1) is 6.61. The molecule has 0 saturated heterocycles. The molecular weight excluding hydrogens is 242 g/mol. The molecule has 0 radical (unpaired) electrons. The number of nitrogens with zero attached hydrogens (tertiary/aromatic N) is 2. The number of hydrogen-bond donors (Lipinski definition) is 1. The molecule has 4 heteroatoms. The second-order valence-electron chi connectivity index (χ2n) is 3.51. The van der Waals surface area contributed by atoms with E-state index in [-0.39, 0.29) is 0 Å². The zero-order chi connectivity index (χ0) is 10.6. The summed E-state index contributed by atoms with van der Waals surface area (Å²) in [5, 5.41) is 3.28. The van der Waals surface area contributed by atoms with Crippen LogP contribution in [-0.2, 0) is 6.54 Å². The number of rotatable bonds is 5. The molecular formula is C10H16BrN3. The van der Waals surface area contributed by atoms with Crippen molar-refractivity contribution >= 4 is 15.9 Å². The Morgan fingerprint density at radius 1 is 1.71 bits per heavy atom. The van der Waals surface area contributed by atoms with Crippen LogP contribution in [0.3, 0.4) is 0 Å². The van der Waals surface area contributed by atoms with Crippen molar-refractivity contribution in [1.29, 1.82) is 0 Å². The van der Waals surface area contributed by atoms with Crippen molar-refractivity contribution in [2.75, 3.05) is 6.54 Å². The third-order valence-corrected chi connectivity index (χ3v) is 2.21. The molecule has 0 fully saturated rings. The summed E-state index contributed by atoms with van der Waals surface area (Å²) in [7, 11) is 0. The Morgan fingerprint density at radius 3 is 3.00 bits per heavy atom. The minimum atomic E-state index is 0.460. The van der Waals surface area contributed by atoms with E-state index in [1.165, 1.54) is 5.69 Å². The number of aromatic nitrogens is 2. The second kappa shape index (κ2) is 5.32. The SMILES string of the molecule is C=C(Br)CNCc1cncn1C(C)C. The lowest BCUT2D eigenvalue weighted by Crippen LogP contribution is -2.17. The number of nitrogens with one attached hydrogen (secondary N) is 1. The Bertz CT molecular complexity index is 304. The van der Waals surface area contributed by atoms with Crippen molar-refractivity contribution in [2.24, 2.45) is 0 Å². The first-order valence-electron chi connectivity index (χ1n) is 4.66. The van der Waals surface area contributed by atoms with E-state index in [9.17, 15) is 0 Å². The van der Waals surface area contributed by atoms with E-state index in [0.29, 0.717) is 6.04 Å². The lowest BCUT2D eigenvalue weighted by molar-refractivity contribution is 0.558. The van der Waals surface area contributed by atoms with Gasteiger partial charge in [-0.15, -0.1) is 0 Å². The van der Waals surface area contributed by atoms with E-state index in [1.54, 1.807) is 0 Å². The molecule has 1 rings (SSSR count). The van der Waals surface area contributed by atoms with Crippen LogP contribution in [0, 0.1) is 0 Å². The van der Waals surface area contributed by atoms with Gasteiger partial charge in [0.2, 0.25) is 0 Å². The summed E-state index contributed by atoms with van der Waals surface area (Å²) in [6.45, 7) is 9.66. The lowest BCUT2D eigenvalue weighted by Gasteiger charge is -2.11. The summed E-state index contributed by atoms with van der Waals surface area (Å²) >= 11 is 3.31. The third kappa shape index (κ3) is 3.27.